The highest BCUT2D eigenvalue weighted by molar-refractivity contribution is 5.95. The number of hydrazone groups is 1. The molecule has 0 radical (unpaired) electrons. The molecule has 1 N–H and O–H groups in total. The predicted molar refractivity (Wildman–Crippen MR) is 87.2 cm³/mol. The van der Waals surface area contributed by atoms with E-state index in [1.54, 1.807) is 50.6 Å². The van der Waals surface area contributed by atoms with Gasteiger partial charge in [0.25, 0.3) is 5.91 Å². The van der Waals surface area contributed by atoms with E-state index in [4.69, 9.17) is 18.9 Å². The van der Waals surface area contributed by atoms with Crippen molar-refractivity contribution in [3.8, 4) is 23.0 Å². The molecule has 124 valence electrons. The average molecular weight is 328 g/mol. The van der Waals surface area contributed by atoms with E-state index < -0.39 is 0 Å². The normalized spacial score (nSPS) is 12.2. The largest absolute Gasteiger partial charge is 0.497 e. The van der Waals surface area contributed by atoms with Crippen LogP contribution < -0.4 is 24.4 Å². The maximum Gasteiger partial charge on any atom is 0.271 e. The summed E-state index contributed by atoms with van der Waals surface area (Å²) in [5.41, 5.74) is 3.57. The Kier molecular flexibility index (Phi) is 4.51. The number of rotatable bonds is 5. The number of carbonyl (C=O) groups excluding carboxylic acids is 1. The number of hydrogen-bond donors (Lipinski definition) is 1. The molecule has 0 fully saturated rings. The molecule has 7 heteroatoms. The number of nitrogens with zero attached hydrogens (tertiary/aromatic N) is 1. The number of ether oxygens (including phenoxy) is 4. The van der Waals surface area contributed by atoms with Crippen molar-refractivity contribution in [3.05, 3.63) is 47.5 Å². The lowest BCUT2D eigenvalue weighted by Crippen LogP contribution is -2.17. The summed E-state index contributed by atoms with van der Waals surface area (Å²) in [5.74, 6) is 2.10. The van der Waals surface area contributed by atoms with Crippen molar-refractivity contribution in [2.75, 3.05) is 21.0 Å². The first-order chi connectivity index (χ1) is 11.7. The maximum absolute atomic E-state index is 12.1. The van der Waals surface area contributed by atoms with Crippen LogP contribution >= 0.6 is 0 Å². The molecule has 0 atom stereocenters. The van der Waals surface area contributed by atoms with Gasteiger partial charge in [0.05, 0.1) is 20.4 Å². The average Bonchev–Trinajstić information content (AvgIpc) is 3.09. The molecule has 2 aromatic carbocycles. The van der Waals surface area contributed by atoms with Crippen molar-refractivity contribution in [1.82, 2.24) is 5.43 Å². The lowest BCUT2D eigenvalue weighted by atomic mass is 10.2. The predicted octanol–water partition coefficient (Wildman–Crippen LogP) is 2.20. The Bertz CT molecular complexity index is 789. The van der Waals surface area contributed by atoms with Gasteiger partial charge < -0.3 is 18.9 Å². The topological polar surface area (TPSA) is 78.4 Å². The molecule has 2 aromatic rings. The van der Waals surface area contributed by atoms with Crippen molar-refractivity contribution < 1.29 is 23.7 Å². The summed E-state index contributed by atoms with van der Waals surface area (Å²) < 4.78 is 20.9. The maximum atomic E-state index is 12.1. The highest BCUT2D eigenvalue weighted by Crippen LogP contribution is 2.32. The highest BCUT2D eigenvalue weighted by atomic mass is 16.7. The second-order valence-corrected chi connectivity index (χ2v) is 4.88. The van der Waals surface area contributed by atoms with Gasteiger partial charge in [0, 0.05) is 11.1 Å². The Labute approximate surface area is 138 Å². The number of benzene rings is 2. The van der Waals surface area contributed by atoms with Gasteiger partial charge in [-0.3, -0.25) is 4.79 Å². The molecule has 0 spiro atoms. The standard InChI is InChI=1S/C17H16N2O5/c1-21-13-4-6-14(22-2)12(7-13)9-18-19-17(20)11-3-5-15-16(8-11)24-10-23-15/h3-9H,10H2,1-2H3,(H,19,20). The number of methoxy groups -OCH3 is 2. The van der Waals surface area contributed by atoms with E-state index in [1.807, 2.05) is 0 Å². The highest BCUT2D eigenvalue weighted by Gasteiger charge is 2.15. The SMILES string of the molecule is COc1ccc(OC)c(C=NNC(=O)c2ccc3c(c2)OCO3)c1. The molecule has 1 heterocycles. The van der Waals surface area contributed by atoms with Crippen LogP contribution in [0.2, 0.25) is 0 Å². The molecular weight excluding hydrogens is 312 g/mol. The van der Waals surface area contributed by atoms with Crippen LogP contribution in [0.15, 0.2) is 41.5 Å². The Morgan fingerprint density at radius 1 is 1.12 bits per heavy atom. The molecule has 1 amide bonds. The van der Waals surface area contributed by atoms with E-state index in [1.165, 1.54) is 6.21 Å². The zero-order chi connectivity index (χ0) is 16.9. The number of carbonyl (C=O) groups is 1. The van der Waals surface area contributed by atoms with E-state index in [-0.39, 0.29) is 12.7 Å². The minimum absolute atomic E-state index is 0.161. The summed E-state index contributed by atoms with van der Waals surface area (Å²) >= 11 is 0. The Morgan fingerprint density at radius 3 is 2.75 bits per heavy atom. The summed E-state index contributed by atoms with van der Waals surface area (Å²) in [5, 5.41) is 3.96. The summed E-state index contributed by atoms with van der Waals surface area (Å²) in [7, 11) is 3.13. The second kappa shape index (κ2) is 6.91. The molecule has 0 saturated carbocycles. The first-order valence-corrected chi connectivity index (χ1v) is 7.16. The van der Waals surface area contributed by atoms with E-state index >= 15 is 0 Å². The lowest BCUT2D eigenvalue weighted by molar-refractivity contribution is 0.0954. The van der Waals surface area contributed by atoms with Crippen LogP contribution in [0.25, 0.3) is 0 Å². The van der Waals surface area contributed by atoms with E-state index in [0.717, 1.165) is 0 Å². The minimum Gasteiger partial charge on any atom is -0.497 e. The van der Waals surface area contributed by atoms with Gasteiger partial charge >= 0.3 is 0 Å². The zero-order valence-electron chi connectivity index (χ0n) is 13.2. The van der Waals surface area contributed by atoms with Crippen molar-refractivity contribution >= 4 is 12.1 Å². The van der Waals surface area contributed by atoms with Crippen LogP contribution in [0.1, 0.15) is 15.9 Å². The number of amides is 1. The van der Waals surface area contributed by atoms with Crippen LogP contribution in [0.5, 0.6) is 23.0 Å². The third kappa shape index (κ3) is 3.24. The quantitative estimate of drug-likeness (QED) is 0.672. The fourth-order valence-corrected chi connectivity index (χ4v) is 2.20. The molecule has 1 aliphatic rings. The fourth-order valence-electron chi connectivity index (χ4n) is 2.20. The number of hydrogen-bond acceptors (Lipinski definition) is 6. The van der Waals surface area contributed by atoms with Crippen molar-refractivity contribution in [2.24, 2.45) is 5.10 Å². The van der Waals surface area contributed by atoms with Gasteiger partial charge in [-0.15, -0.1) is 0 Å². The van der Waals surface area contributed by atoms with Gasteiger partial charge in [0.15, 0.2) is 11.5 Å². The fraction of sp³-hybridized carbons (Fsp3) is 0.176. The van der Waals surface area contributed by atoms with Crippen LogP contribution in [0.3, 0.4) is 0 Å². The molecular formula is C17H16N2O5. The summed E-state index contributed by atoms with van der Waals surface area (Å²) in [6, 6.07) is 10.2. The van der Waals surface area contributed by atoms with E-state index in [0.29, 0.717) is 34.1 Å². The summed E-state index contributed by atoms with van der Waals surface area (Å²) in [6.45, 7) is 0.161. The first-order valence-electron chi connectivity index (χ1n) is 7.16. The zero-order valence-corrected chi connectivity index (χ0v) is 13.2. The molecule has 3 rings (SSSR count). The first kappa shape index (κ1) is 15.7. The molecule has 0 bridgehead atoms. The number of nitrogens with one attached hydrogen (secondary N) is 1. The van der Waals surface area contributed by atoms with Gasteiger partial charge in [-0.05, 0) is 36.4 Å². The second-order valence-electron chi connectivity index (χ2n) is 4.88. The Morgan fingerprint density at radius 2 is 1.96 bits per heavy atom. The molecule has 1 aliphatic heterocycles. The van der Waals surface area contributed by atoms with Crippen molar-refractivity contribution in [3.63, 3.8) is 0 Å². The molecule has 0 aromatic heterocycles. The molecule has 24 heavy (non-hydrogen) atoms. The Balaban J connectivity index is 1.71. The van der Waals surface area contributed by atoms with Gasteiger partial charge in [0.1, 0.15) is 11.5 Å². The van der Waals surface area contributed by atoms with Crippen LogP contribution in [0, 0.1) is 0 Å². The van der Waals surface area contributed by atoms with Gasteiger partial charge in [0.2, 0.25) is 6.79 Å². The molecule has 0 unspecified atom stereocenters. The number of fused-ring (bicyclic) bond motifs is 1. The Hall–Kier alpha value is -3.22. The third-order valence-electron chi connectivity index (χ3n) is 3.44. The van der Waals surface area contributed by atoms with Gasteiger partial charge in [-0.25, -0.2) is 5.43 Å². The van der Waals surface area contributed by atoms with Crippen LogP contribution in [-0.2, 0) is 0 Å². The monoisotopic (exact) mass is 328 g/mol. The van der Waals surface area contributed by atoms with E-state index in [2.05, 4.69) is 10.5 Å². The minimum atomic E-state index is -0.355. The lowest BCUT2D eigenvalue weighted by Gasteiger charge is -2.07. The van der Waals surface area contributed by atoms with E-state index in [9.17, 15) is 4.79 Å². The van der Waals surface area contributed by atoms with Crippen LogP contribution in [-0.4, -0.2) is 33.1 Å². The van der Waals surface area contributed by atoms with Crippen molar-refractivity contribution in [1.29, 1.82) is 0 Å². The van der Waals surface area contributed by atoms with Crippen molar-refractivity contribution in [2.45, 2.75) is 0 Å². The van der Waals surface area contributed by atoms with Crippen LogP contribution in [0.4, 0.5) is 0 Å². The third-order valence-corrected chi connectivity index (χ3v) is 3.44. The molecule has 0 saturated heterocycles. The smallest absolute Gasteiger partial charge is 0.271 e. The molecule has 7 nitrogen and oxygen atoms in total. The van der Waals surface area contributed by atoms with Gasteiger partial charge in [-0.1, -0.05) is 0 Å². The summed E-state index contributed by atoms with van der Waals surface area (Å²) in [6.07, 6.45) is 1.49. The summed E-state index contributed by atoms with van der Waals surface area (Å²) in [4.78, 5) is 12.1. The molecule has 0 aliphatic carbocycles. The van der Waals surface area contributed by atoms with Gasteiger partial charge in [-0.2, -0.15) is 5.10 Å².